The average molecular weight is 338 g/mol. The van der Waals surface area contributed by atoms with Gasteiger partial charge in [-0.25, -0.2) is 0 Å². The molecule has 22 heavy (non-hydrogen) atoms. The topological polar surface area (TPSA) is 39.1 Å². The minimum Gasteiger partial charge on any atom is -0.369 e. The summed E-state index contributed by atoms with van der Waals surface area (Å²) in [5.41, 5.74) is 2.38. The van der Waals surface area contributed by atoms with Gasteiger partial charge in [0.05, 0.1) is 22.7 Å². The first-order valence-electron chi connectivity index (χ1n) is 7.74. The second kappa shape index (κ2) is 5.34. The molecule has 0 aromatic carbocycles. The van der Waals surface area contributed by atoms with Crippen LogP contribution in [0.3, 0.4) is 0 Å². The van der Waals surface area contributed by atoms with Crippen molar-refractivity contribution in [1.29, 1.82) is 0 Å². The van der Waals surface area contributed by atoms with E-state index in [-0.39, 0.29) is 11.6 Å². The Bertz CT molecular complexity index is 697. The van der Waals surface area contributed by atoms with Crippen molar-refractivity contribution in [3.63, 3.8) is 0 Å². The highest BCUT2D eigenvalue weighted by molar-refractivity contribution is 7.16. The van der Waals surface area contributed by atoms with Crippen LogP contribution in [0.25, 0.3) is 0 Å². The molecule has 1 fully saturated rings. The molecule has 0 bridgehead atoms. The quantitative estimate of drug-likeness (QED) is 0.866. The second-order valence-electron chi connectivity index (χ2n) is 6.41. The van der Waals surface area contributed by atoms with Crippen LogP contribution in [0.4, 0.5) is 0 Å². The van der Waals surface area contributed by atoms with E-state index < -0.39 is 0 Å². The molecular weight excluding hydrogens is 318 g/mol. The molecule has 1 saturated heterocycles. The van der Waals surface area contributed by atoms with Gasteiger partial charge in [0.15, 0.2) is 0 Å². The average Bonchev–Trinajstić information content (AvgIpc) is 3.04. The highest BCUT2D eigenvalue weighted by atomic mass is 35.5. The van der Waals surface area contributed by atoms with Gasteiger partial charge >= 0.3 is 0 Å². The lowest BCUT2D eigenvalue weighted by atomic mass is 9.79. The van der Waals surface area contributed by atoms with Gasteiger partial charge in [-0.05, 0) is 37.5 Å². The molecule has 6 heteroatoms. The van der Waals surface area contributed by atoms with E-state index in [9.17, 15) is 0 Å². The third-order valence-corrected chi connectivity index (χ3v) is 6.31. The van der Waals surface area contributed by atoms with Crippen molar-refractivity contribution >= 4 is 22.9 Å². The summed E-state index contributed by atoms with van der Waals surface area (Å²) in [5, 5.41) is 8.02. The molecule has 4 nitrogen and oxygen atoms in total. The predicted molar refractivity (Wildman–Crippen MR) is 88.4 cm³/mol. The number of aromatic nitrogens is 2. The SMILES string of the molecule is C[C@H]1C[C@@]2(C[C@@H](c3ccnn3C)N1)OCCc1cc(Cl)sc12. The maximum atomic E-state index is 6.37. The molecule has 3 atom stereocenters. The Hall–Kier alpha value is -0.880. The van der Waals surface area contributed by atoms with Crippen LogP contribution in [0.15, 0.2) is 18.3 Å². The van der Waals surface area contributed by atoms with Gasteiger partial charge in [0.2, 0.25) is 0 Å². The van der Waals surface area contributed by atoms with Crippen molar-refractivity contribution in [1.82, 2.24) is 15.1 Å². The van der Waals surface area contributed by atoms with E-state index in [0.717, 1.165) is 30.2 Å². The number of fused-ring (bicyclic) bond motifs is 2. The third-order valence-electron chi connectivity index (χ3n) is 4.81. The lowest BCUT2D eigenvalue weighted by Gasteiger charge is -2.46. The Morgan fingerprint density at radius 3 is 3.14 bits per heavy atom. The van der Waals surface area contributed by atoms with Crippen molar-refractivity contribution in [3.05, 3.63) is 38.8 Å². The van der Waals surface area contributed by atoms with Gasteiger partial charge in [0.1, 0.15) is 5.60 Å². The first kappa shape index (κ1) is 14.7. The number of piperidine rings is 1. The smallest absolute Gasteiger partial charge is 0.106 e. The Balaban J connectivity index is 1.74. The summed E-state index contributed by atoms with van der Waals surface area (Å²) in [6.07, 6.45) is 4.75. The summed E-state index contributed by atoms with van der Waals surface area (Å²) in [7, 11) is 2.00. The molecule has 0 unspecified atom stereocenters. The van der Waals surface area contributed by atoms with Gasteiger partial charge < -0.3 is 10.1 Å². The molecule has 0 aliphatic carbocycles. The Labute approximate surface area is 139 Å². The standard InChI is InChI=1S/C16H20ClN3OS/c1-10-8-16(9-12(19-10)13-3-5-18-20(13)2)15-11(4-6-21-16)7-14(17)22-15/h3,5,7,10,12,19H,4,6,8-9H2,1-2H3/t10-,12-,16-/m0/s1. The van der Waals surface area contributed by atoms with Crippen LogP contribution in [-0.2, 0) is 23.8 Å². The minimum atomic E-state index is -0.203. The van der Waals surface area contributed by atoms with E-state index in [4.69, 9.17) is 16.3 Å². The molecule has 2 aliphatic heterocycles. The third kappa shape index (κ3) is 2.31. The van der Waals surface area contributed by atoms with E-state index in [1.165, 1.54) is 16.1 Å². The molecule has 118 valence electrons. The number of nitrogens with zero attached hydrogens (tertiary/aromatic N) is 2. The molecule has 0 amide bonds. The van der Waals surface area contributed by atoms with Crippen LogP contribution in [0, 0.1) is 0 Å². The van der Waals surface area contributed by atoms with Crippen LogP contribution in [0.5, 0.6) is 0 Å². The zero-order valence-electron chi connectivity index (χ0n) is 12.8. The molecule has 2 aromatic rings. The summed E-state index contributed by atoms with van der Waals surface area (Å²) in [6, 6.07) is 4.86. The molecule has 2 aromatic heterocycles. The summed E-state index contributed by atoms with van der Waals surface area (Å²) < 4.78 is 9.19. The summed E-state index contributed by atoms with van der Waals surface area (Å²) >= 11 is 7.98. The highest BCUT2D eigenvalue weighted by Crippen LogP contribution is 2.49. The predicted octanol–water partition coefficient (Wildman–Crippen LogP) is 3.42. The number of thiophene rings is 1. The normalized spacial score (nSPS) is 31.4. The monoisotopic (exact) mass is 337 g/mol. The fourth-order valence-corrected chi connectivity index (χ4v) is 5.44. The zero-order valence-corrected chi connectivity index (χ0v) is 14.4. The van der Waals surface area contributed by atoms with Crippen molar-refractivity contribution in [2.24, 2.45) is 7.05 Å². The van der Waals surface area contributed by atoms with Crippen molar-refractivity contribution < 1.29 is 4.74 Å². The van der Waals surface area contributed by atoms with E-state index >= 15 is 0 Å². The van der Waals surface area contributed by atoms with Crippen LogP contribution < -0.4 is 5.32 Å². The van der Waals surface area contributed by atoms with Gasteiger partial charge in [-0.2, -0.15) is 5.10 Å². The maximum Gasteiger partial charge on any atom is 0.106 e. The fraction of sp³-hybridized carbons (Fsp3) is 0.562. The number of ether oxygens (including phenoxy) is 1. The number of rotatable bonds is 1. The van der Waals surface area contributed by atoms with Crippen LogP contribution in [-0.4, -0.2) is 22.4 Å². The van der Waals surface area contributed by atoms with Crippen molar-refractivity contribution in [2.75, 3.05) is 6.61 Å². The number of hydrogen-bond donors (Lipinski definition) is 1. The summed E-state index contributed by atoms with van der Waals surface area (Å²) in [6.45, 7) is 3.02. The van der Waals surface area contributed by atoms with Gasteiger partial charge in [0.25, 0.3) is 0 Å². The fourth-order valence-electron chi connectivity index (χ4n) is 3.98. The first-order valence-corrected chi connectivity index (χ1v) is 8.93. The number of nitrogens with one attached hydrogen (secondary N) is 1. The summed E-state index contributed by atoms with van der Waals surface area (Å²) in [4.78, 5) is 1.34. The minimum absolute atomic E-state index is 0.203. The zero-order chi connectivity index (χ0) is 15.3. The van der Waals surface area contributed by atoms with Gasteiger partial charge in [0, 0.05) is 30.6 Å². The Morgan fingerprint density at radius 1 is 1.50 bits per heavy atom. The first-order chi connectivity index (χ1) is 10.6. The molecule has 0 radical (unpaired) electrons. The van der Waals surface area contributed by atoms with E-state index in [1.54, 1.807) is 11.3 Å². The van der Waals surface area contributed by atoms with E-state index in [0.29, 0.717) is 6.04 Å². The largest absolute Gasteiger partial charge is 0.369 e. The van der Waals surface area contributed by atoms with Crippen LogP contribution >= 0.6 is 22.9 Å². The lowest BCUT2D eigenvalue weighted by molar-refractivity contribution is -0.0960. The molecular formula is C16H20ClN3OS. The Morgan fingerprint density at radius 2 is 2.36 bits per heavy atom. The molecule has 1 spiro atoms. The maximum absolute atomic E-state index is 6.37. The summed E-state index contributed by atoms with van der Waals surface area (Å²) in [5.74, 6) is 0. The number of aryl methyl sites for hydroxylation is 1. The van der Waals surface area contributed by atoms with E-state index in [1.807, 2.05) is 17.9 Å². The van der Waals surface area contributed by atoms with Gasteiger partial charge in [-0.15, -0.1) is 11.3 Å². The molecule has 2 aliphatic rings. The van der Waals surface area contributed by atoms with E-state index in [2.05, 4.69) is 29.5 Å². The second-order valence-corrected chi connectivity index (χ2v) is 8.09. The molecule has 0 saturated carbocycles. The highest BCUT2D eigenvalue weighted by Gasteiger charge is 2.46. The Kier molecular flexibility index (Phi) is 3.57. The number of hydrogen-bond acceptors (Lipinski definition) is 4. The molecule has 4 heterocycles. The molecule has 1 N–H and O–H groups in total. The van der Waals surface area contributed by atoms with Crippen molar-refractivity contribution in [2.45, 2.75) is 43.9 Å². The van der Waals surface area contributed by atoms with Crippen LogP contribution in [0.2, 0.25) is 4.34 Å². The van der Waals surface area contributed by atoms with Gasteiger partial charge in [-0.1, -0.05) is 11.6 Å². The van der Waals surface area contributed by atoms with Crippen LogP contribution in [0.1, 0.15) is 41.9 Å². The number of halogens is 1. The lowest BCUT2D eigenvalue weighted by Crippen LogP contribution is -2.50. The van der Waals surface area contributed by atoms with Gasteiger partial charge in [-0.3, -0.25) is 4.68 Å². The van der Waals surface area contributed by atoms with Crippen molar-refractivity contribution in [3.8, 4) is 0 Å². The molecule has 4 rings (SSSR count).